The fourth-order valence-corrected chi connectivity index (χ4v) is 1.49. The summed E-state index contributed by atoms with van der Waals surface area (Å²) in [6.45, 7) is 0. The summed E-state index contributed by atoms with van der Waals surface area (Å²) < 4.78 is 0. The lowest BCUT2D eigenvalue weighted by atomic mass is 10.4. The number of benzene rings is 1. The molecule has 18 heavy (non-hydrogen) atoms. The number of rotatable bonds is 0. The van der Waals surface area contributed by atoms with E-state index in [1.807, 2.05) is 65.4 Å². The zero-order valence-electron chi connectivity index (χ0n) is 9.69. The van der Waals surface area contributed by atoms with Crippen LogP contribution in [-0.4, -0.2) is 10.2 Å². The van der Waals surface area contributed by atoms with Gasteiger partial charge in [-0.1, -0.05) is 41.9 Å². The van der Waals surface area contributed by atoms with Gasteiger partial charge in [-0.05, 0) is 35.0 Å². The molecule has 4 heteroatoms. The largest absolute Gasteiger partial charge is 0.159 e. The average Bonchev–Trinajstić information content (AvgIpc) is 3.01. The Hall–Kier alpha value is -1.71. The average molecular weight is 277 g/mol. The van der Waals surface area contributed by atoms with Crippen LogP contribution in [0.4, 0.5) is 0 Å². The van der Waals surface area contributed by atoms with Crippen molar-refractivity contribution >= 4 is 22.9 Å². The molecule has 3 rings (SSSR count). The Bertz CT molecular complexity index is 428. The molecule has 2 heterocycles. The molecule has 0 bridgehead atoms. The van der Waals surface area contributed by atoms with Crippen molar-refractivity contribution < 1.29 is 0 Å². The maximum absolute atomic E-state index is 5.54. The Morgan fingerprint density at radius 3 is 1.50 bits per heavy atom. The van der Waals surface area contributed by atoms with Crippen molar-refractivity contribution in [1.82, 2.24) is 10.2 Å². The Kier molecular flexibility index (Phi) is 8.33. The number of hydrogen-bond acceptors (Lipinski definition) is 3. The number of nitrogens with zero attached hydrogens (tertiary/aromatic N) is 2. The first-order valence-corrected chi connectivity index (χ1v) is 6.61. The van der Waals surface area contributed by atoms with E-state index in [9.17, 15) is 0 Å². The van der Waals surface area contributed by atoms with Crippen molar-refractivity contribution in [3.05, 3.63) is 82.8 Å². The third-order valence-corrected chi connectivity index (χ3v) is 2.52. The molecule has 0 aliphatic heterocycles. The third-order valence-electron chi connectivity index (χ3n) is 1.64. The van der Waals surface area contributed by atoms with E-state index in [2.05, 4.69) is 10.2 Å². The van der Waals surface area contributed by atoms with Crippen molar-refractivity contribution in [2.75, 3.05) is 0 Å². The molecule has 0 unspecified atom stereocenters. The second-order valence-corrected chi connectivity index (χ2v) is 4.26. The highest BCUT2D eigenvalue weighted by atomic mass is 35.5. The highest BCUT2D eigenvalue weighted by Crippen LogP contribution is 2.03. The maximum atomic E-state index is 5.54. The summed E-state index contributed by atoms with van der Waals surface area (Å²) in [6, 6.07) is 17.1. The van der Waals surface area contributed by atoms with Crippen LogP contribution in [0, 0.1) is 0 Å². The molecular formula is C14H13ClN2S. The van der Waals surface area contributed by atoms with Crippen molar-refractivity contribution in [3.8, 4) is 0 Å². The molecule has 92 valence electrons. The normalized spacial score (nSPS) is 8.28. The fourth-order valence-electron chi connectivity index (χ4n) is 0.895. The molecule has 0 radical (unpaired) electrons. The van der Waals surface area contributed by atoms with Gasteiger partial charge in [-0.25, -0.2) is 0 Å². The van der Waals surface area contributed by atoms with Crippen molar-refractivity contribution in [2.24, 2.45) is 0 Å². The summed E-state index contributed by atoms with van der Waals surface area (Å²) in [5.74, 6) is 0. The van der Waals surface area contributed by atoms with Gasteiger partial charge >= 0.3 is 0 Å². The number of aromatic nitrogens is 2. The molecule has 0 N–H and O–H groups in total. The zero-order chi connectivity index (χ0) is 12.9. The summed E-state index contributed by atoms with van der Waals surface area (Å²) in [7, 11) is 0. The van der Waals surface area contributed by atoms with Gasteiger partial charge < -0.3 is 0 Å². The highest BCUT2D eigenvalue weighted by Gasteiger charge is 1.74. The Balaban J connectivity index is 0.000000137. The van der Waals surface area contributed by atoms with Crippen molar-refractivity contribution in [3.63, 3.8) is 0 Å². The minimum Gasteiger partial charge on any atom is -0.159 e. The zero-order valence-corrected chi connectivity index (χ0v) is 11.3. The van der Waals surface area contributed by atoms with E-state index in [4.69, 9.17) is 11.6 Å². The monoisotopic (exact) mass is 276 g/mol. The van der Waals surface area contributed by atoms with Gasteiger partial charge in [-0.15, -0.1) is 0 Å². The molecular weight excluding hydrogens is 264 g/mol. The number of halogens is 1. The summed E-state index contributed by atoms with van der Waals surface area (Å²) in [5, 5.41) is 11.9. The van der Waals surface area contributed by atoms with Crippen molar-refractivity contribution in [1.29, 1.82) is 0 Å². The van der Waals surface area contributed by atoms with E-state index in [0.717, 1.165) is 5.02 Å². The van der Waals surface area contributed by atoms with E-state index < -0.39 is 0 Å². The molecule has 0 aliphatic carbocycles. The van der Waals surface area contributed by atoms with Crippen LogP contribution in [0.2, 0.25) is 5.02 Å². The van der Waals surface area contributed by atoms with E-state index in [-0.39, 0.29) is 0 Å². The molecule has 0 spiro atoms. The molecule has 2 nitrogen and oxygen atoms in total. The molecule has 0 atom stereocenters. The summed E-state index contributed by atoms with van der Waals surface area (Å²) in [6.07, 6.45) is 3.28. The van der Waals surface area contributed by atoms with Crippen LogP contribution in [0.5, 0.6) is 0 Å². The van der Waals surface area contributed by atoms with Crippen molar-refractivity contribution in [2.45, 2.75) is 0 Å². The summed E-state index contributed by atoms with van der Waals surface area (Å²) in [4.78, 5) is 0. The van der Waals surface area contributed by atoms with Crippen LogP contribution in [-0.2, 0) is 0 Å². The molecule has 0 aliphatic rings. The van der Waals surface area contributed by atoms with Crippen LogP contribution in [0.15, 0.2) is 77.8 Å². The first kappa shape index (κ1) is 14.4. The Morgan fingerprint density at radius 2 is 1.28 bits per heavy atom. The van der Waals surface area contributed by atoms with Crippen LogP contribution >= 0.6 is 22.9 Å². The van der Waals surface area contributed by atoms with E-state index in [0.29, 0.717) is 0 Å². The molecule has 0 amide bonds. The lowest BCUT2D eigenvalue weighted by Gasteiger charge is -1.80. The molecule has 3 aromatic rings. The second kappa shape index (κ2) is 10.4. The SMILES string of the molecule is Clc1ccccc1.c1ccnnc1.c1ccsc1. The minimum atomic E-state index is 0.794. The highest BCUT2D eigenvalue weighted by molar-refractivity contribution is 7.07. The number of thiophene rings is 1. The van der Waals surface area contributed by atoms with E-state index in [1.54, 1.807) is 23.7 Å². The molecule has 0 saturated carbocycles. The van der Waals surface area contributed by atoms with Gasteiger partial charge in [0, 0.05) is 17.4 Å². The van der Waals surface area contributed by atoms with Gasteiger partial charge in [0.25, 0.3) is 0 Å². The fraction of sp³-hybridized carbons (Fsp3) is 0. The standard InChI is InChI=1S/C6H5Cl.C4H4N2.C4H4S/c7-6-4-2-1-3-5-6;1-2-4-6-5-3-1;1-2-4-5-3-1/h1-5H;1-4H;1-4H. The van der Waals surface area contributed by atoms with Crippen LogP contribution < -0.4 is 0 Å². The van der Waals surface area contributed by atoms with E-state index in [1.165, 1.54) is 0 Å². The van der Waals surface area contributed by atoms with Gasteiger partial charge in [0.05, 0.1) is 0 Å². The summed E-state index contributed by atoms with van der Waals surface area (Å²) in [5.41, 5.74) is 0. The first-order valence-electron chi connectivity index (χ1n) is 5.29. The predicted octanol–water partition coefficient (Wildman–Crippen LogP) is 4.56. The molecule has 1 aromatic carbocycles. The van der Waals surface area contributed by atoms with Gasteiger partial charge in [0.15, 0.2) is 0 Å². The van der Waals surface area contributed by atoms with Gasteiger partial charge in [-0.2, -0.15) is 21.5 Å². The van der Waals surface area contributed by atoms with E-state index >= 15 is 0 Å². The summed E-state index contributed by atoms with van der Waals surface area (Å²) >= 11 is 7.25. The smallest absolute Gasteiger partial charge is 0.0496 e. The maximum Gasteiger partial charge on any atom is 0.0496 e. The van der Waals surface area contributed by atoms with Gasteiger partial charge in [0.1, 0.15) is 0 Å². The minimum absolute atomic E-state index is 0.794. The lowest BCUT2D eigenvalue weighted by molar-refractivity contribution is 1.03. The van der Waals surface area contributed by atoms with Crippen LogP contribution in [0.3, 0.4) is 0 Å². The molecule has 0 saturated heterocycles. The lowest BCUT2D eigenvalue weighted by Crippen LogP contribution is -1.69. The molecule has 0 fully saturated rings. The number of hydrogen-bond donors (Lipinski definition) is 0. The van der Waals surface area contributed by atoms with Crippen LogP contribution in [0.1, 0.15) is 0 Å². The topological polar surface area (TPSA) is 25.8 Å². The second-order valence-electron chi connectivity index (χ2n) is 3.00. The van der Waals surface area contributed by atoms with Gasteiger partial charge in [0.2, 0.25) is 0 Å². The van der Waals surface area contributed by atoms with Crippen LogP contribution in [0.25, 0.3) is 0 Å². The first-order chi connectivity index (χ1) is 8.89. The Morgan fingerprint density at radius 1 is 0.722 bits per heavy atom. The quantitative estimate of drug-likeness (QED) is 0.601. The molecule has 2 aromatic heterocycles. The Labute approximate surface area is 116 Å². The predicted molar refractivity (Wildman–Crippen MR) is 77.8 cm³/mol. The van der Waals surface area contributed by atoms with Gasteiger partial charge in [-0.3, -0.25) is 0 Å². The third kappa shape index (κ3) is 8.44.